The van der Waals surface area contributed by atoms with Crippen molar-refractivity contribution in [2.75, 3.05) is 13.1 Å². The lowest BCUT2D eigenvalue weighted by Gasteiger charge is -2.09. The molecule has 78 valence electrons. The summed E-state index contributed by atoms with van der Waals surface area (Å²) in [6.45, 7) is -0.100. The highest BCUT2D eigenvalue weighted by Crippen LogP contribution is 2.03. The quantitative estimate of drug-likeness (QED) is 0.459. The van der Waals surface area contributed by atoms with Gasteiger partial charge in [-0.25, -0.2) is 0 Å². The summed E-state index contributed by atoms with van der Waals surface area (Å²) in [6, 6.07) is 0. The standard InChI is InChI=1S/C6H14N2O4S/c7-3-1-2-5(9)6(4-8)13(10,11)12/h6H,1-4,7-8H2,(H,10,11,12). The smallest absolute Gasteiger partial charge is 0.276 e. The average Bonchev–Trinajstić information content (AvgIpc) is 1.99. The number of hydrogen-bond acceptors (Lipinski definition) is 5. The summed E-state index contributed by atoms with van der Waals surface area (Å²) in [5.74, 6) is -0.588. The summed E-state index contributed by atoms with van der Waals surface area (Å²) in [7, 11) is -4.36. The number of carbonyl (C=O) groups excluding carboxylic acids is 1. The Morgan fingerprint density at radius 2 is 1.92 bits per heavy atom. The first-order chi connectivity index (χ1) is 5.93. The molecule has 0 aromatic carbocycles. The molecule has 0 amide bonds. The lowest BCUT2D eigenvalue weighted by Crippen LogP contribution is -2.37. The van der Waals surface area contributed by atoms with Gasteiger partial charge in [-0.05, 0) is 13.0 Å². The van der Waals surface area contributed by atoms with Crippen LogP contribution in [0.2, 0.25) is 0 Å². The van der Waals surface area contributed by atoms with Gasteiger partial charge in [0.25, 0.3) is 10.1 Å². The Balaban J connectivity index is 4.34. The molecule has 0 bridgehead atoms. The van der Waals surface area contributed by atoms with E-state index >= 15 is 0 Å². The molecule has 0 fully saturated rings. The van der Waals surface area contributed by atoms with Crippen LogP contribution >= 0.6 is 0 Å². The molecule has 1 unspecified atom stereocenters. The Kier molecular flexibility index (Phi) is 5.07. The SMILES string of the molecule is NCCCC(=O)C(CN)S(=O)(=O)O. The highest BCUT2D eigenvalue weighted by molar-refractivity contribution is 7.87. The number of ketones is 1. The van der Waals surface area contributed by atoms with Crippen molar-refractivity contribution >= 4 is 15.9 Å². The maximum Gasteiger partial charge on any atom is 0.276 e. The first-order valence-electron chi connectivity index (χ1n) is 3.82. The van der Waals surface area contributed by atoms with Gasteiger partial charge in [-0.2, -0.15) is 8.42 Å². The van der Waals surface area contributed by atoms with Gasteiger partial charge in [0.15, 0.2) is 11.0 Å². The van der Waals surface area contributed by atoms with E-state index in [0.29, 0.717) is 13.0 Å². The van der Waals surface area contributed by atoms with Crippen molar-refractivity contribution in [2.24, 2.45) is 11.5 Å². The zero-order chi connectivity index (χ0) is 10.5. The van der Waals surface area contributed by atoms with Crippen molar-refractivity contribution < 1.29 is 17.8 Å². The van der Waals surface area contributed by atoms with Crippen molar-refractivity contribution in [1.29, 1.82) is 0 Å². The largest absolute Gasteiger partial charge is 0.330 e. The molecule has 0 aromatic heterocycles. The summed E-state index contributed by atoms with van der Waals surface area (Å²) in [4.78, 5) is 11.1. The Bertz CT molecular complexity index is 262. The molecule has 0 radical (unpaired) electrons. The molecule has 0 aliphatic carbocycles. The number of Topliss-reactive ketones (excluding diaryl/α,β-unsaturated/α-hetero) is 1. The summed E-state index contributed by atoms with van der Waals surface area (Å²) in [5, 5.41) is -1.50. The molecule has 0 aliphatic rings. The molecule has 0 aromatic rings. The molecule has 7 heteroatoms. The maximum absolute atomic E-state index is 11.1. The number of hydrogen-bond donors (Lipinski definition) is 3. The number of rotatable bonds is 6. The summed E-state index contributed by atoms with van der Waals surface area (Å²) in [6.07, 6.45) is 0.420. The van der Waals surface area contributed by atoms with E-state index in [1.165, 1.54) is 0 Å². The minimum atomic E-state index is -4.36. The predicted molar refractivity (Wildman–Crippen MR) is 47.7 cm³/mol. The third-order valence-electron chi connectivity index (χ3n) is 1.56. The maximum atomic E-state index is 11.1. The van der Waals surface area contributed by atoms with Crippen molar-refractivity contribution in [3.63, 3.8) is 0 Å². The normalized spacial score (nSPS) is 14.1. The van der Waals surface area contributed by atoms with Gasteiger partial charge < -0.3 is 11.5 Å². The van der Waals surface area contributed by atoms with Gasteiger partial charge >= 0.3 is 0 Å². The summed E-state index contributed by atoms with van der Waals surface area (Å²) in [5.41, 5.74) is 10.2. The van der Waals surface area contributed by atoms with E-state index < -0.39 is 27.7 Å². The highest BCUT2D eigenvalue weighted by Gasteiger charge is 2.28. The predicted octanol–water partition coefficient (Wildman–Crippen LogP) is -1.49. The zero-order valence-corrected chi connectivity index (χ0v) is 7.96. The van der Waals surface area contributed by atoms with Crippen LogP contribution in [0.15, 0.2) is 0 Å². The molecule has 0 saturated heterocycles. The van der Waals surface area contributed by atoms with Gasteiger partial charge in [0.1, 0.15) is 0 Å². The van der Waals surface area contributed by atoms with Crippen LogP contribution in [-0.4, -0.2) is 37.1 Å². The topological polar surface area (TPSA) is 123 Å². The second-order valence-corrected chi connectivity index (χ2v) is 4.20. The van der Waals surface area contributed by atoms with Crippen LogP contribution in [0, 0.1) is 0 Å². The second kappa shape index (κ2) is 5.28. The van der Waals surface area contributed by atoms with E-state index in [1.54, 1.807) is 0 Å². The molecule has 1 atom stereocenters. The van der Waals surface area contributed by atoms with E-state index in [-0.39, 0.29) is 6.42 Å². The van der Waals surface area contributed by atoms with Gasteiger partial charge in [0.2, 0.25) is 0 Å². The van der Waals surface area contributed by atoms with Gasteiger partial charge in [-0.15, -0.1) is 0 Å². The first-order valence-corrected chi connectivity index (χ1v) is 5.33. The zero-order valence-electron chi connectivity index (χ0n) is 7.14. The third-order valence-corrected chi connectivity index (χ3v) is 2.73. The van der Waals surface area contributed by atoms with Crippen molar-refractivity contribution in [3.8, 4) is 0 Å². The molecule has 5 N–H and O–H groups in total. The molecule has 0 rings (SSSR count). The van der Waals surface area contributed by atoms with E-state index in [1.807, 2.05) is 0 Å². The molecule has 6 nitrogen and oxygen atoms in total. The summed E-state index contributed by atoms with van der Waals surface area (Å²) >= 11 is 0. The number of carbonyl (C=O) groups is 1. The molecule has 0 heterocycles. The third kappa shape index (κ3) is 4.32. The van der Waals surface area contributed by atoms with E-state index in [4.69, 9.17) is 16.0 Å². The Morgan fingerprint density at radius 1 is 1.38 bits per heavy atom. The lowest BCUT2D eigenvalue weighted by molar-refractivity contribution is -0.118. The minimum Gasteiger partial charge on any atom is -0.330 e. The van der Waals surface area contributed by atoms with E-state index in [0.717, 1.165) is 0 Å². The minimum absolute atomic E-state index is 0.0259. The van der Waals surface area contributed by atoms with Crippen LogP contribution in [-0.2, 0) is 14.9 Å². The van der Waals surface area contributed by atoms with Crippen LogP contribution < -0.4 is 11.5 Å². The average molecular weight is 210 g/mol. The Hall–Kier alpha value is -0.500. The van der Waals surface area contributed by atoms with E-state index in [2.05, 4.69) is 0 Å². The fourth-order valence-corrected chi connectivity index (χ4v) is 1.55. The first kappa shape index (κ1) is 12.5. The van der Waals surface area contributed by atoms with Crippen molar-refractivity contribution in [1.82, 2.24) is 0 Å². The summed E-state index contributed by atoms with van der Waals surface area (Å²) < 4.78 is 29.8. The van der Waals surface area contributed by atoms with Crippen molar-refractivity contribution in [2.45, 2.75) is 18.1 Å². The lowest BCUT2D eigenvalue weighted by atomic mass is 10.1. The fourth-order valence-electron chi connectivity index (χ4n) is 0.856. The number of nitrogens with two attached hydrogens (primary N) is 2. The van der Waals surface area contributed by atoms with Gasteiger partial charge in [0, 0.05) is 13.0 Å². The van der Waals surface area contributed by atoms with Gasteiger partial charge in [0.05, 0.1) is 0 Å². The molecule has 0 saturated carbocycles. The van der Waals surface area contributed by atoms with Crippen LogP contribution in [0.5, 0.6) is 0 Å². The van der Waals surface area contributed by atoms with Crippen LogP contribution in [0.1, 0.15) is 12.8 Å². The molecule has 0 aliphatic heterocycles. The van der Waals surface area contributed by atoms with Gasteiger partial charge in [-0.1, -0.05) is 0 Å². The van der Waals surface area contributed by atoms with E-state index in [9.17, 15) is 13.2 Å². The van der Waals surface area contributed by atoms with Crippen LogP contribution in [0.4, 0.5) is 0 Å². The molecule has 0 spiro atoms. The van der Waals surface area contributed by atoms with Gasteiger partial charge in [-0.3, -0.25) is 9.35 Å². The second-order valence-electron chi connectivity index (χ2n) is 2.60. The highest BCUT2D eigenvalue weighted by atomic mass is 32.2. The van der Waals surface area contributed by atoms with Crippen LogP contribution in [0.3, 0.4) is 0 Å². The molecular weight excluding hydrogens is 196 g/mol. The Labute approximate surface area is 77.0 Å². The molecular formula is C6H14N2O4S. The van der Waals surface area contributed by atoms with Crippen molar-refractivity contribution in [3.05, 3.63) is 0 Å². The molecule has 13 heavy (non-hydrogen) atoms. The Morgan fingerprint density at radius 3 is 2.23 bits per heavy atom. The fraction of sp³-hybridized carbons (Fsp3) is 0.833. The van der Waals surface area contributed by atoms with Crippen LogP contribution in [0.25, 0.3) is 0 Å². The monoisotopic (exact) mass is 210 g/mol.